The number of ether oxygens (including phenoxy) is 1. The zero-order valence-corrected chi connectivity index (χ0v) is 25.4. The fourth-order valence-corrected chi connectivity index (χ4v) is 4.81. The van der Waals surface area contributed by atoms with E-state index in [9.17, 15) is 19.2 Å². The third-order valence-corrected chi connectivity index (χ3v) is 7.36. The third kappa shape index (κ3) is 8.01. The normalized spacial score (nSPS) is 12.5. The minimum Gasteiger partial charge on any atom is -0.461 e. The standard InChI is InChI=1S/C35H38N4O5/c1-35(2,3)31(34(43)37-4)38-33(42)29(20-30(40)44-22-23-8-6-5-7-9-23)39-19-18-28(21-39)26-12-10-24(11-13-26)25-14-16-27(17-15-25)32(36)41/h5-19,21,29,31H,20,22H2,1-4H3,(H2,36,41)(H,37,43)(H,38,42). The molecule has 0 aliphatic carbocycles. The molecule has 4 N–H and O–H groups in total. The van der Waals surface area contributed by atoms with E-state index < -0.39 is 35.3 Å². The first-order valence-corrected chi connectivity index (χ1v) is 14.4. The second-order valence-corrected chi connectivity index (χ2v) is 11.7. The summed E-state index contributed by atoms with van der Waals surface area (Å²) in [6.45, 7) is 5.67. The van der Waals surface area contributed by atoms with E-state index in [0.717, 1.165) is 27.8 Å². The van der Waals surface area contributed by atoms with E-state index >= 15 is 0 Å². The monoisotopic (exact) mass is 594 g/mol. The number of hydrogen-bond acceptors (Lipinski definition) is 5. The summed E-state index contributed by atoms with van der Waals surface area (Å²) in [5.41, 5.74) is 9.71. The van der Waals surface area contributed by atoms with Crippen LogP contribution in [0.3, 0.4) is 0 Å². The molecule has 9 heteroatoms. The van der Waals surface area contributed by atoms with Crippen LogP contribution in [0.4, 0.5) is 0 Å². The van der Waals surface area contributed by atoms with Gasteiger partial charge in [-0.05, 0) is 51.4 Å². The molecule has 0 fully saturated rings. The quantitative estimate of drug-likeness (QED) is 0.213. The van der Waals surface area contributed by atoms with E-state index in [-0.39, 0.29) is 18.9 Å². The molecule has 0 radical (unpaired) electrons. The van der Waals surface area contributed by atoms with Gasteiger partial charge in [-0.25, -0.2) is 0 Å². The van der Waals surface area contributed by atoms with Crippen LogP contribution in [0.5, 0.6) is 0 Å². The van der Waals surface area contributed by atoms with Crippen molar-refractivity contribution in [3.63, 3.8) is 0 Å². The molecule has 0 saturated heterocycles. The van der Waals surface area contributed by atoms with Gasteiger partial charge in [0.25, 0.3) is 0 Å². The zero-order chi connectivity index (χ0) is 31.9. The van der Waals surface area contributed by atoms with Gasteiger partial charge in [0, 0.05) is 25.0 Å². The molecular weight excluding hydrogens is 556 g/mol. The molecule has 2 atom stereocenters. The second kappa shape index (κ2) is 13.9. The van der Waals surface area contributed by atoms with Crippen LogP contribution in [0.1, 0.15) is 49.2 Å². The number of primary amides is 1. The average molecular weight is 595 g/mol. The summed E-state index contributed by atoms with van der Waals surface area (Å²) in [6.07, 6.45) is 3.32. The highest BCUT2D eigenvalue weighted by Gasteiger charge is 2.35. The summed E-state index contributed by atoms with van der Waals surface area (Å²) in [7, 11) is 1.52. The number of carbonyl (C=O) groups is 4. The molecule has 44 heavy (non-hydrogen) atoms. The lowest BCUT2D eigenvalue weighted by molar-refractivity contribution is -0.148. The minimum atomic E-state index is -0.954. The molecule has 3 aromatic carbocycles. The lowest BCUT2D eigenvalue weighted by Crippen LogP contribution is -2.54. The van der Waals surface area contributed by atoms with Crippen LogP contribution in [-0.4, -0.2) is 41.3 Å². The molecule has 3 amide bonds. The summed E-state index contributed by atoms with van der Waals surface area (Å²) in [6, 6.07) is 24.3. The van der Waals surface area contributed by atoms with Gasteiger partial charge in [0.1, 0.15) is 18.7 Å². The highest BCUT2D eigenvalue weighted by atomic mass is 16.5. The van der Waals surface area contributed by atoms with Crippen LogP contribution in [0, 0.1) is 5.41 Å². The van der Waals surface area contributed by atoms with E-state index in [0.29, 0.717) is 5.56 Å². The Labute approximate surface area is 257 Å². The Morgan fingerprint density at radius 1 is 0.795 bits per heavy atom. The fourth-order valence-electron chi connectivity index (χ4n) is 4.81. The molecule has 228 valence electrons. The van der Waals surface area contributed by atoms with Crippen LogP contribution >= 0.6 is 0 Å². The fraction of sp³-hybridized carbons (Fsp3) is 0.257. The van der Waals surface area contributed by atoms with Gasteiger partial charge in [-0.3, -0.25) is 19.2 Å². The lowest BCUT2D eigenvalue weighted by atomic mass is 9.86. The summed E-state index contributed by atoms with van der Waals surface area (Å²) in [5, 5.41) is 5.47. The van der Waals surface area contributed by atoms with Gasteiger partial charge in [-0.15, -0.1) is 0 Å². The van der Waals surface area contributed by atoms with E-state index in [1.807, 2.05) is 93.6 Å². The van der Waals surface area contributed by atoms with Gasteiger partial charge in [0.05, 0.1) is 6.42 Å². The van der Waals surface area contributed by atoms with Crippen molar-refractivity contribution in [2.75, 3.05) is 7.05 Å². The van der Waals surface area contributed by atoms with Crippen LogP contribution in [0.25, 0.3) is 22.3 Å². The van der Waals surface area contributed by atoms with Gasteiger partial charge >= 0.3 is 5.97 Å². The molecule has 0 saturated carbocycles. The number of nitrogens with two attached hydrogens (primary N) is 1. The number of benzene rings is 3. The van der Waals surface area contributed by atoms with Gasteiger partial charge < -0.3 is 25.7 Å². The number of likely N-dealkylation sites (N-methyl/N-ethyl adjacent to an activating group) is 1. The molecular formula is C35H38N4O5. The first kappa shape index (κ1) is 31.7. The summed E-state index contributed by atoms with van der Waals surface area (Å²) < 4.78 is 7.18. The number of rotatable bonds is 11. The van der Waals surface area contributed by atoms with Crippen LogP contribution < -0.4 is 16.4 Å². The molecule has 0 aliphatic rings. The van der Waals surface area contributed by atoms with Crippen molar-refractivity contribution >= 4 is 23.7 Å². The Kier molecular flexibility index (Phi) is 10.0. The maximum Gasteiger partial charge on any atom is 0.308 e. The van der Waals surface area contributed by atoms with Gasteiger partial charge in [0.2, 0.25) is 17.7 Å². The summed E-state index contributed by atoms with van der Waals surface area (Å²) >= 11 is 0. The third-order valence-electron chi connectivity index (χ3n) is 7.36. The first-order valence-electron chi connectivity index (χ1n) is 14.4. The van der Waals surface area contributed by atoms with E-state index in [1.165, 1.54) is 7.05 Å². The van der Waals surface area contributed by atoms with Crippen molar-refractivity contribution < 1.29 is 23.9 Å². The maximum atomic E-state index is 13.7. The molecule has 1 heterocycles. The van der Waals surface area contributed by atoms with Crippen molar-refractivity contribution in [2.24, 2.45) is 11.1 Å². The first-order chi connectivity index (χ1) is 21.0. The van der Waals surface area contributed by atoms with Crippen LogP contribution in [-0.2, 0) is 25.7 Å². The average Bonchev–Trinajstić information content (AvgIpc) is 3.51. The van der Waals surface area contributed by atoms with Crippen LogP contribution in [0.2, 0.25) is 0 Å². The van der Waals surface area contributed by atoms with E-state index in [4.69, 9.17) is 10.5 Å². The molecule has 2 unspecified atom stereocenters. The Balaban J connectivity index is 1.56. The maximum absolute atomic E-state index is 13.7. The van der Waals surface area contributed by atoms with E-state index in [1.54, 1.807) is 29.1 Å². The van der Waals surface area contributed by atoms with Crippen molar-refractivity contribution in [1.82, 2.24) is 15.2 Å². The Hall–Kier alpha value is -5.18. The molecule has 9 nitrogen and oxygen atoms in total. The van der Waals surface area contributed by atoms with Crippen LogP contribution in [0.15, 0.2) is 97.3 Å². The number of nitrogens with one attached hydrogen (secondary N) is 2. The van der Waals surface area contributed by atoms with Crippen molar-refractivity contribution in [3.05, 3.63) is 108 Å². The number of esters is 1. The molecule has 1 aromatic heterocycles. The molecule has 0 spiro atoms. The number of hydrogen-bond donors (Lipinski definition) is 3. The minimum absolute atomic E-state index is 0.0887. The number of amides is 3. The van der Waals surface area contributed by atoms with Crippen molar-refractivity contribution in [1.29, 1.82) is 0 Å². The molecule has 4 aromatic rings. The van der Waals surface area contributed by atoms with Crippen molar-refractivity contribution in [2.45, 2.75) is 45.9 Å². The lowest BCUT2D eigenvalue weighted by Gasteiger charge is -2.31. The number of aromatic nitrogens is 1. The molecule has 4 rings (SSSR count). The zero-order valence-electron chi connectivity index (χ0n) is 25.4. The second-order valence-electron chi connectivity index (χ2n) is 11.7. The summed E-state index contributed by atoms with van der Waals surface area (Å²) in [5.74, 6) is -1.81. The Morgan fingerprint density at radius 3 is 1.91 bits per heavy atom. The SMILES string of the molecule is CNC(=O)C(NC(=O)C(CC(=O)OCc1ccccc1)n1ccc(-c2ccc(-c3ccc(C(N)=O)cc3)cc2)c1)C(C)(C)C. The highest BCUT2D eigenvalue weighted by molar-refractivity contribution is 5.93. The van der Waals surface area contributed by atoms with E-state index in [2.05, 4.69) is 10.6 Å². The van der Waals surface area contributed by atoms with Gasteiger partial charge in [-0.1, -0.05) is 87.5 Å². The Bertz CT molecular complexity index is 1600. The summed E-state index contributed by atoms with van der Waals surface area (Å²) in [4.78, 5) is 50.7. The van der Waals surface area contributed by atoms with Gasteiger partial charge in [-0.2, -0.15) is 0 Å². The predicted molar refractivity (Wildman–Crippen MR) is 169 cm³/mol. The Morgan fingerprint density at radius 2 is 1.36 bits per heavy atom. The molecule has 0 bridgehead atoms. The number of carbonyl (C=O) groups excluding carboxylic acids is 4. The topological polar surface area (TPSA) is 133 Å². The predicted octanol–water partition coefficient (Wildman–Crippen LogP) is 4.87. The van der Waals surface area contributed by atoms with Crippen molar-refractivity contribution in [3.8, 4) is 22.3 Å². The largest absolute Gasteiger partial charge is 0.461 e. The number of nitrogens with zero attached hydrogens (tertiary/aromatic N) is 1. The molecule has 0 aliphatic heterocycles. The smallest absolute Gasteiger partial charge is 0.308 e. The van der Waals surface area contributed by atoms with Gasteiger partial charge in [0.15, 0.2) is 0 Å². The highest BCUT2D eigenvalue weighted by Crippen LogP contribution is 2.28.